The molecule has 154 valence electrons. The third kappa shape index (κ3) is 5.47. The van der Waals surface area contributed by atoms with Crippen LogP contribution < -0.4 is 10.6 Å². The summed E-state index contributed by atoms with van der Waals surface area (Å²) < 4.78 is 5.39. The first kappa shape index (κ1) is 22.7. The SMILES string of the molecule is COCC1(CNC(=O)c2cccc(CN3C(=O)CSC3=O)c2)CCNCC1.Cl. The van der Waals surface area contributed by atoms with Crippen molar-refractivity contribution in [3.8, 4) is 0 Å². The molecule has 0 aromatic heterocycles. The predicted molar refractivity (Wildman–Crippen MR) is 111 cm³/mol. The summed E-state index contributed by atoms with van der Waals surface area (Å²) in [6, 6.07) is 7.08. The molecule has 1 aromatic rings. The van der Waals surface area contributed by atoms with Crippen LogP contribution in [0.5, 0.6) is 0 Å². The smallest absolute Gasteiger partial charge is 0.289 e. The second-order valence-corrected chi connectivity index (χ2v) is 8.03. The first-order valence-corrected chi connectivity index (χ1v) is 10.1. The monoisotopic (exact) mass is 427 g/mol. The van der Waals surface area contributed by atoms with Gasteiger partial charge in [0.2, 0.25) is 5.91 Å². The largest absolute Gasteiger partial charge is 0.384 e. The molecular weight excluding hydrogens is 402 g/mol. The lowest BCUT2D eigenvalue weighted by Gasteiger charge is -2.37. The number of rotatable bonds is 7. The zero-order chi connectivity index (χ0) is 19.3. The van der Waals surface area contributed by atoms with Crippen LogP contribution in [0.25, 0.3) is 0 Å². The van der Waals surface area contributed by atoms with Crippen LogP contribution in [0.3, 0.4) is 0 Å². The van der Waals surface area contributed by atoms with Gasteiger partial charge in [-0.3, -0.25) is 19.3 Å². The zero-order valence-electron chi connectivity index (χ0n) is 15.9. The van der Waals surface area contributed by atoms with Gasteiger partial charge in [0.1, 0.15) is 0 Å². The number of piperidine rings is 1. The van der Waals surface area contributed by atoms with Crippen LogP contribution in [-0.2, 0) is 16.1 Å². The Hall–Kier alpha value is -1.61. The van der Waals surface area contributed by atoms with E-state index in [2.05, 4.69) is 10.6 Å². The van der Waals surface area contributed by atoms with Gasteiger partial charge < -0.3 is 15.4 Å². The van der Waals surface area contributed by atoms with E-state index < -0.39 is 0 Å². The number of carbonyl (C=O) groups excluding carboxylic acids is 3. The van der Waals surface area contributed by atoms with Crippen molar-refractivity contribution in [1.82, 2.24) is 15.5 Å². The van der Waals surface area contributed by atoms with Crippen molar-refractivity contribution in [2.24, 2.45) is 5.41 Å². The molecule has 0 unspecified atom stereocenters. The van der Waals surface area contributed by atoms with Gasteiger partial charge in [-0.25, -0.2) is 0 Å². The Morgan fingerprint density at radius 1 is 1.32 bits per heavy atom. The van der Waals surface area contributed by atoms with E-state index in [1.165, 1.54) is 4.90 Å². The number of ether oxygens (including phenoxy) is 1. The minimum Gasteiger partial charge on any atom is -0.384 e. The van der Waals surface area contributed by atoms with Gasteiger partial charge >= 0.3 is 0 Å². The Morgan fingerprint density at radius 2 is 2.07 bits per heavy atom. The van der Waals surface area contributed by atoms with Crippen LogP contribution in [0.15, 0.2) is 24.3 Å². The van der Waals surface area contributed by atoms with Gasteiger partial charge in [-0.1, -0.05) is 23.9 Å². The second-order valence-electron chi connectivity index (χ2n) is 7.10. The molecule has 2 heterocycles. The van der Waals surface area contributed by atoms with Crippen LogP contribution in [0.4, 0.5) is 4.79 Å². The molecule has 3 rings (SSSR count). The number of imide groups is 1. The lowest BCUT2D eigenvalue weighted by atomic mass is 9.79. The van der Waals surface area contributed by atoms with E-state index in [-0.39, 0.29) is 47.2 Å². The van der Waals surface area contributed by atoms with Crippen LogP contribution in [0, 0.1) is 5.41 Å². The van der Waals surface area contributed by atoms with E-state index in [0.717, 1.165) is 43.3 Å². The molecule has 0 bridgehead atoms. The quantitative estimate of drug-likeness (QED) is 0.692. The maximum Gasteiger partial charge on any atom is 0.289 e. The molecule has 1 aromatic carbocycles. The zero-order valence-corrected chi connectivity index (χ0v) is 17.5. The third-order valence-corrected chi connectivity index (χ3v) is 5.97. The van der Waals surface area contributed by atoms with E-state index in [4.69, 9.17) is 4.74 Å². The summed E-state index contributed by atoms with van der Waals surface area (Å²) in [6.07, 6.45) is 1.91. The average molecular weight is 428 g/mol. The van der Waals surface area contributed by atoms with Crippen LogP contribution in [0.2, 0.25) is 0 Å². The first-order chi connectivity index (χ1) is 13.0. The summed E-state index contributed by atoms with van der Waals surface area (Å²) >= 11 is 1.01. The first-order valence-electron chi connectivity index (χ1n) is 9.07. The molecule has 0 saturated carbocycles. The Balaban J connectivity index is 0.00000280. The maximum absolute atomic E-state index is 12.6. The number of halogens is 1. The van der Waals surface area contributed by atoms with E-state index in [9.17, 15) is 14.4 Å². The van der Waals surface area contributed by atoms with E-state index in [1.54, 1.807) is 25.3 Å². The molecule has 2 saturated heterocycles. The topological polar surface area (TPSA) is 87.7 Å². The van der Waals surface area contributed by atoms with Crippen LogP contribution >= 0.6 is 24.2 Å². The molecule has 7 nitrogen and oxygen atoms in total. The minimum absolute atomic E-state index is 0. The molecule has 2 aliphatic rings. The Morgan fingerprint density at radius 3 is 2.71 bits per heavy atom. The molecule has 9 heteroatoms. The van der Waals surface area contributed by atoms with E-state index >= 15 is 0 Å². The number of methoxy groups -OCH3 is 1. The number of hydrogen-bond donors (Lipinski definition) is 2. The Kier molecular flexibility index (Phi) is 8.30. The average Bonchev–Trinajstić information content (AvgIpc) is 2.99. The molecule has 0 aliphatic carbocycles. The standard InChI is InChI=1S/C19H25N3O4S.ClH/c1-26-13-19(5-7-20-8-6-19)12-21-17(24)15-4-2-3-14(9-15)10-22-16(23)11-27-18(22)25;/h2-4,9,20H,5-8,10-13H2,1H3,(H,21,24);1H. The molecule has 0 atom stereocenters. The highest BCUT2D eigenvalue weighted by atomic mass is 35.5. The number of thioether (sulfide) groups is 1. The molecule has 2 fully saturated rings. The number of nitrogens with zero attached hydrogens (tertiary/aromatic N) is 1. The van der Waals surface area contributed by atoms with Gasteiger partial charge in [-0.2, -0.15) is 0 Å². The maximum atomic E-state index is 12.6. The lowest BCUT2D eigenvalue weighted by molar-refractivity contribution is -0.125. The fraction of sp³-hybridized carbons (Fsp3) is 0.526. The number of hydrogen-bond acceptors (Lipinski definition) is 6. The fourth-order valence-electron chi connectivity index (χ4n) is 3.53. The molecule has 2 aliphatic heterocycles. The van der Waals surface area contributed by atoms with Crippen LogP contribution in [0.1, 0.15) is 28.8 Å². The van der Waals surface area contributed by atoms with Crippen molar-refractivity contribution in [2.45, 2.75) is 19.4 Å². The van der Waals surface area contributed by atoms with Crippen molar-refractivity contribution < 1.29 is 19.1 Å². The predicted octanol–water partition coefficient (Wildman–Crippen LogP) is 2.05. The minimum atomic E-state index is -0.234. The summed E-state index contributed by atoms with van der Waals surface area (Å²) in [6.45, 7) is 3.22. The summed E-state index contributed by atoms with van der Waals surface area (Å²) in [5, 5.41) is 6.14. The van der Waals surface area contributed by atoms with Crippen molar-refractivity contribution in [3.63, 3.8) is 0 Å². The van der Waals surface area contributed by atoms with Gasteiger partial charge in [-0.05, 0) is 43.6 Å². The Bertz CT molecular complexity index is 703. The summed E-state index contributed by atoms with van der Waals surface area (Å²) in [4.78, 5) is 37.4. The highest BCUT2D eigenvalue weighted by Gasteiger charge is 2.33. The van der Waals surface area contributed by atoms with Gasteiger partial charge in [0.15, 0.2) is 0 Å². The van der Waals surface area contributed by atoms with Gasteiger partial charge in [0.05, 0.1) is 18.9 Å². The van der Waals surface area contributed by atoms with Crippen LogP contribution in [-0.4, -0.2) is 61.1 Å². The normalized spacial score (nSPS) is 18.7. The van der Waals surface area contributed by atoms with E-state index in [1.807, 2.05) is 6.07 Å². The number of carbonyl (C=O) groups is 3. The van der Waals surface area contributed by atoms with Gasteiger partial charge in [0, 0.05) is 24.6 Å². The summed E-state index contributed by atoms with van der Waals surface area (Å²) in [5.74, 6) is -0.151. The molecular formula is C19H26ClN3O4S. The Labute approximate surface area is 175 Å². The highest BCUT2D eigenvalue weighted by Crippen LogP contribution is 2.28. The number of benzene rings is 1. The van der Waals surface area contributed by atoms with Crippen molar-refractivity contribution in [2.75, 3.05) is 39.1 Å². The molecule has 3 amide bonds. The van der Waals surface area contributed by atoms with E-state index in [0.29, 0.717) is 18.7 Å². The van der Waals surface area contributed by atoms with Crippen molar-refractivity contribution in [3.05, 3.63) is 35.4 Å². The third-order valence-electron chi connectivity index (χ3n) is 5.11. The lowest BCUT2D eigenvalue weighted by Crippen LogP contribution is -2.47. The van der Waals surface area contributed by atoms with Gasteiger partial charge in [-0.15, -0.1) is 12.4 Å². The molecule has 0 spiro atoms. The van der Waals surface area contributed by atoms with Crippen molar-refractivity contribution >= 4 is 41.2 Å². The summed E-state index contributed by atoms with van der Waals surface area (Å²) in [5.41, 5.74) is 1.25. The number of amides is 3. The van der Waals surface area contributed by atoms with Gasteiger partial charge in [0.25, 0.3) is 11.1 Å². The second kappa shape index (κ2) is 10.2. The summed E-state index contributed by atoms with van der Waals surface area (Å²) in [7, 11) is 1.69. The molecule has 28 heavy (non-hydrogen) atoms. The number of nitrogens with one attached hydrogen (secondary N) is 2. The highest BCUT2D eigenvalue weighted by molar-refractivity contribution is 8.14. The van der Waals surface area contributed by atoms with Crippen molar-refractivity contribution in [1.29, 1.82) is 0 Å². The molecule has 2 N–H and O–H groups in total. The molecule has 0 radical (unpaired) electrons. The fourth-order valence-corrected chi connectivity index (χ4v) is 4.26.